The minimum atomic E-state index is -0.192. The van der Waals surface area contributed by atoms with E-state index in [1.807, 2.05) is 0 Å². The van der Waals surface area contributed by atoms with Gasteiger partial charge in [0.15, 0.2) is 0 Å². The van der Waals surface area contributed by atoms with Gasteiger partial charge in [-0.3, -0.25) is 4.79 Å². The van der Waals surface area contributed by atoms with Gasteiger partial charge in [-0.25, -0.2) is 9.59 Å². The molecule has 0 bridgehead atoms. The monoisotopic (exact) mass is 387 g/mol. The molecule has 152 valence electrons. The van der Waals surface area contributed by atoms with E-state index in [-0.39, 0.29) is 29.9 Å². The number of rotatable bonds is 4. The Labute approximate surface area is 165 Å². The number of likely N-dealkylation sites (tertiary alicyclic amines) is 1. The molecule has 8 nitrogen and oxygen atoms in total. The van der Waals surface area contributed by atoms with Crippen molar-refractivity contribution in [2.45, 2.75) is 44.6 Å². The summed E-state index contributed by atoms with van der Waals surface area (Å²) in [5.74, 6) is 0.0231. The third kappa shape index (κ3) is 5.37. The van der Waals surface area contributed by atoms with E-state index in [0.29, 0.717) is 37.3 Å². The molecule has 1 aliphatic heterocycles. The molecule has 1 aromatic rings. The molecule has 3 rings (SSSR count). The number of urea groups is 2. The first-order valence-corrected chi connectivity index (χ1v) is 10.0. The Hall–Kier alpha value is -2.77. The number of anilines is 2. The van der Waals surface area contributed by atoms with E-state index >= 15 is 0 Å². The highest BCUT2D eigenvalue weighted by molar-refractivity contribution is 5.92. The number of carbonyl (C=O) groups excluding carboxylic acids is 3. The summed E-state index contributed by atoms with van der Waals surface area (Å²) in [7, 11) is 1.64. The standard InChI is InChI=1S/C20H29N5O3/c1-21-18(26)14-10-12-25(13-11-14)20(28)24-17-8-6-16(7-9-17)23-19(27)22-15-4-2-3-5-15/h6-9,14-15H,2-5,10-13H2,1H3,(H,21,26)(H,24,28)(H2,22,23,27). The van der Waals surface area contributed by atoms with Crippen molar-refractivity contribution in [2.75, 3.05) is 30.8 Å². The van der Waals surface area contributed by atoms with Crippen molar-refractivity contribution in [3.05, 3.63) is 24.3 Å². The quantitative estimate of drug-likeness (QED) is 0.639. The second-order valence-corrected chi connectivity index (χ2v) is 7.46. The molecule has 1 aliphatic carbocycles. The van der Waals surface area contributed by atoms with Crippen LogP contribution in [0, 0.1) is 5.92 Å². The molecule has 2 aliphatic rings. The molecule has 5 amide bonds. The predicted molar refractivity (Wildman–Crippen MR) is 108 cm³/mol. The number of piperidine rings is 1. The molecule has 0 aromatic heterocycles. The van der Waals surface area contributed by atoms with E-state index in [9.17, 15) is 14.4 Å². The van der Waals surface area contributed by atoms with Crippen LogP contribution in [-0.2, 0) is 4.79 Å². The molecule has 1 heterocycles. The van der Waals surface area contributed by atoms with Crippen LogP contribution in [0.2, 0.25) is 0 Å². The fourth-order valence-corrected chi connectivity index (χ4v) is 3.81. The number of carbonyl (C=O) groups is 3. The van der Waals surface area contributed by atoms with Crippen LogP contribution in [0.1, 0.15) is 38.5 Å². The third-order valence-electron chi connectivity index (χ3n) is 5.48. The molecule has 28 heavy (non-hydrogen) atoms. The van der Waals surface area contributed by atoms with Crippen molar-refractivity contribution in [3.63, 3.8) is 0 Å². The molecule has 0 radical (unpaired) electrons. The van der Waals surface area contributed by atoms with Crippen molar-refractivity contribution in [2.24, 2.45) is 5.92 Å². The first-order chi connectivity index (χ1) is 13.5. The maximum absolute atomic E-state index is 12.4. The Morgan fingerprint density at radius 1 is 0.893 bits per heavy atom. The number of nitrogens with zero attached hydrogens (tertiary/aromatic N) is 1. The van der Waals surface area contributed by atoms with Crippen molar-refractivity contribution in [3.8, 4) is 0 Å². The summed E-state index contributed by atoms with van der Waals surface area (Å²) in [6.07, 6.45) is 5.77. The van der Waals surface area contributed by atoms with Gasteiger partial charge in [0.05, 0.1) is 0 Å². The van der Waals surface area contributed by atoms with Crippen LogP contribution >= 0.6 is 0 Å². The largest absolute Gasteiger partial charge is 0.359 e. The lowest BCUT2D eigenvalue weighted by Gasteiger charge is -2.31. The molecular formula is C20H29N5O3. The minimum Gasteiger partial charge on any atom is -0.359 e. The zero-order valence-corrected chi connectivity index (χ0v) is 16.3. The van der Waals surface area contributed by atoms with E-state index in [1.54, 1.807) is 36.2 Å². The smallest absolute Gasteiger partial charge is 0.321 e. The Bertz CT molecular complexity index is 692. The highest BCUT2D eigenvalue weighted by Gasteiger charge is 2.26. The molecule has 0 spiro atoms. The lowest BCUT2D eigenvalue weighted by molar-refractivity contribution is -0.125. The lowest BCUT2D eigenvalue weighted by Crippen LogP contribution is -2.44. The van der Waals surface area contributed by atoms with Crippen LogP contribution in [0.3, 0.4) is 0 Å². The van der Waals surface area contributed by atoms with Crippen LogP contribution in [0.25, 0.3) is 0 Å². The molecule has 4 N–H and O–H groups in total. The van der Waals surface area contributed by atoms with Gasteiger partial charge in [-0.05, 0) is 49.9 Å². The zero-order chi connectivity index (χ0) is 19.9. The van der Waals surface area contributed by atoms with Crippen molar-refractivity contribution in [1.82, 2.24) is 15.5 Å². The van der Waals surface area contributed by atoms with Gasteiger partial charge in [0.25, 0.3) is 0 Å². The molecule has 8 heteroatoms. The van der Waals surface area contributed by atoms with Crippen LogP contribution < -0.4 is 21.3 Å². The minimum absolute atomic E-state index is 0.0187. The molecule has 0 unspecified atom stereocenters. The summed E-state index contributed by atoms with van der Waals surface area (Å²) in [5.41, 5.74) is 1.35. The number of amides is 5. The third-order valence-corrected chi connectivity index (χ3v) is 5.48. The normalized spacial score (nSPS) is 17.8. The van der Waals surface area contributed by atoms with Gasteiger partial charge in [-0.1, -0.05) is 12.8 Å². The average molecular weight is 387 g/mol. The van der Waals surface area contributed by atoms with Crippen molar-refractivity contribution in [1.29, 1.82) is 0 Å². The Balaban J connectivity index is 1.44. The topological polar surface area (TPSA) is 103 Å². The molecular weight excluding hydrogens is 358 g/mol. The van der Waals surface area contributed by atoms with Crippen LogP contribution in [0.15, 0.2) is 24.3 Å². The van der Waals surface area contributed by atoms with Gasteiger partial charge >= 0.3 is 12.1 Å². The van der Waals surface area contributed by atoms with Crippen molar-refractivity contribution >= 4 is 29.3 Å². The molecule has 1 aromatic carbocycles. The second-order valence-electron chi connectivity index (χ2n) is 7.46. The van der Waals surface area contributed by atoms with E-state index < -0.39 is 0 Å². The SMILES string of the molecule is CNC(=O)C1CCN(C(=O)Nc2ccc(NC(=O)NC3CCCC3)cc2)CC1. The summed E-state index contributed by atoms with van der Waals surface area (Å²) >= 11 is 0. The van der Waals surface area contributed by atoms with Gasteiger partial charge in [-0.15, -0.1) is 0 Å². The predicted octanol–water partition coefficient (Wildman–Crippen LogP) is 2.74. The first kappa shape index (κ1) is 20.0. The summed E-state index contributed by atoms with van der Waals surface area (Å²) in [6.45, 7) is 1.12. The van der Waals surface area contributed by atoms with Crippen molar-refractivity contribution < 1.29 is 14.4 Å². The summed E-state index contributed by atoms with van der Waals surface area (Å²) in [5, 5.41) is 11.3. The van der Waals surface area contributed by atoms with Gasteiger partial charge in [0.1, 0.15) is 0 Å². The van der Waals surface area contributed by atoms with E-state index in [4.69, 9.17) is 0 Å². The zero-order valence-electron chi connectivity index (χ0n) is 16.3. The van der Waals surface area contributed by atoms with Crippen LogP contribution in [0.4, 0.5) is 21.0 Å². The Morgan fingerprint density at radius 2 is 1.46 bits per heavy atom. The van der Waals surface area contributed by atoms with Crippen LogP contribution in [-0.4, -0.2) is 49.0 Å². The summed E-state index contributed by atoms with van der Waals surface area (Å²) in [4.78, 5) is 37.8. The molecule has 1 saturated heterocycles. The fraction of sp³-hybridized carbons (Fsp3) is 0.550. The van der Waals surface area contributed by atoms with Gasteiger partial charge in [-0.2, -0.15) is 0 Å². The molecule has 1 saturated carbocycles. The van der Waals surface area contributed by atoms with Crippen LogP contribution in [0.5, 0.6) is 0 Å². The summed E-state index contributed by atoms with van der Waals surface area (Å²) < 4.78 is 0. The molecule has 2 fully saturated rings. The first-order valence-electron chi connectivity index (χ1n) is 10.0. The Kier molecular flexibility index (Phi) is 6.73. The maximum atomic E-state index is 12.4. The highest BCUT2D eigenvalue weighted by atomic mass is 16.2. The number of benzene rings is 1. The molecule has 0 atom stereocenters. The fourth-order valence-electron chi connectivity index (χ4n) is 3.81. The Morgan fingerprint density at radius 3 is 2.04 bits per heavy atom. The van der Waals surface area contributed by atoms with Gasteiger partial charge in [0, 0.05) is 43.5 Å². The highest BCUT2D eigenvalue weighted by Crippen LogP contribution is 2.20. The number of nitrogens with one attached hydrogen (secondary N) is 4. The number of hydrogen-bond acceptors (Lipinski definition) is 3. The van der Waals surface area contributed by atoms with Gasteiger partial charge in [0.2, 0.25) is 5.91 Å². The maximum Gasteiger partial charge on any atom is 0.321 e. The number of hydrogen-bond donors (Lipinski definition) is 4. The summed E-state index contributed by atoms with van der Waals surface area (Å²) in [6, 6.07) is 6.97. The van der Waals surface area contributed by atoms with E-state index in [0.717, 1.165) is 12.8 Å². The average Bonchev–Trinajstić information content (AvgIpc) is 3.21. The lowest BCUT2D eigenvalue weighted by atomic mass is 9.96. The van der Waals surface area contributed by atoms with E-state index in [1.165, 1.54) is 12.8 Å². The van der Waals surface area contributed by atoms with Gasteiger partial charge < -0.3 is 26.2 Å². The second kappa shape index (κ2) is 9.43. The van der Waals surface area contributed by atoms with E-state index in [2.05, 4.69) is 21.3 Å².